The standard InChI is InChI=1S/C14H19F3O/c1-12(2,3)10-6-5-7-11(8-10)13(4,18)9-14(15,16)17/h5-8,18H,9H2,1-4H3. The van der Waals surface area contributed by atoms with E-state index in [-0.39, 0.29) is 5.41 Å². The quantitative estimate of drug-likeness (QED) is 0.847. The van der Waals surface area contributed by atoms with E-state index in [1.54, 1.807) is 12.1 Å². The van der Waals surface area contributed by atoms with Crippen LogP contribution < -0.4 is 0 Å². The molecule has 1 aromatic carbocycles. The molecule has 1 unspecified atom stereocenters. The lowest BCUT2D eigenvalue weighted by Crippen LogP contribution is -2.29. The molecular formula is C14H19F3O. The van der Waals surface area contributed by atoms with E-state index in [1.807, 2.05) is 26.8 Å². The van der Waals surface area contributed by atoms with Crippen molar-refractivity contribution in [2.24, 2.45) is 0 Å². The summed E-state index contributed by atoms with van der Waals surface area (Å²) in [5.41, 5.74) is -0.848. The van der Waals surface area contributed by atoms with Crippen molar-refractivity contribution >= 4 is 0 Å². The molecule has 0 saturated carbocycles. The molecule has 18 heavy (non-hydrogen) atoms. The lowest BCUT2D eigenvalue weighted by molar-refractivity contribution is -0.174. The first-order valence-corrected chi connectivity index (χ1v) is 5.82. The van der Waals surface area contributed by atoms with E-state index in [9.17, 15) is 18.3 Å². The third-order valence-electron chi connectivity index (χ3n) is 2.90. The van der Waals surface area contributed by atoms with Crippen LogP contribution in [0.1, 0.15) is 45.2 Å². The Balaban J connectivity index is 3.10. The monoisotopic (exact) mass is 260 g/mol. The van der Waals surface area contributed by atoms with Crippen LogP contribution in [0.25, 0.3) is 0 Å². The summed E-state index contributed by atoms with van der Waals surface area (Å²) in [7, 11) is 0. The fraction of sp³-hybridized carbons (Fsp3) is 0.571. The Morgan fingerprint density at radius 3 is 1.94 bits per heavy atom. The van der Waals surface area contributed by atoms with Crippen LogP contribution in [0.2, 0.25) is 0 Å². The molecule has 0 heterocycles. The van der Waals surface area contributed by atoms with Crippen molar-refractivity contribution in [1.82, 2.24) is 0 Å². The van der Waals surface area contributed by atoms with E-state index in [0.717, 1.165) is 5.56 Å². The van der Waals surface area contributed by atoms with Crippen LogP contribution in [-0.2, 0) is 11.0 Å². The van der Waals surface area contributed by atoms with Crippen molar-refractivity contribution in [2.75, 3.05) is 0 Å². The first-order chi connectivity index (χ1) is 7.92. The van der Waals surface area contributed by atoms with E-state index >= 15 is 0 Å². The van der Waals surface area contributed by atoms with Gasteiger partial charge in [-0.25, -0.2) is 0 Å². The van der Waals surface area contributed by atoms with Gasteiger partial charge in [0.2, 0.25) is 0 Å². The molecule has 0 spiro atoms. The van der Waals surface area contributed by atoms with Crippen molar-refractivity contribution in [3.05, 3.63) is 35.4 Å². The second-order valence-corrected chi connectivity index (χ2v) is 5.90. The van der Waals surface area contributed by atoms with Crippen molar-refractivity contribution in [1.29, 1.82) is 0 Å². The van der Waals surface area contributed by atoms with Gasteiger partial charge in [0.05, 0.1) is 12.0 Å². The molecule has 1 rings (SSSR count). The van der Waals surface area contributed by atoms with Crippen LogP contribution >= 0.6 is 0 Å². The summed E-state index contributed by atoms with van der Waals surface area (Å²) in [5, 5.41) is 9.99. The fourth-order valence-electron chi connectivity index (χ4n) is 1.81. The Hall–Kier alpha value is -1.03. The van der Waals surface area contributed by atoms with Gasteiger partial charge in [-0.05, 0) is 23.5 Å². The third kappa shape index (κ3) is 4.02. The van der Waals surface area contributed by atoms with Gasteiger partial charge in [-0.3, -0.25) is 0 Å². The number of hydrogen-bond donors (Lipinski definition) is 1. The van der Waals surface area contributed by atoms with Gasteiger partial charge in [-0.2, -0.15) is 13.2 Å². The molecule has 0 aliphatic carbocycles. The van der Waals surface area contributed by atoms with Gasteiger partial charge in [0.25, 0.3) is 0 Å². The Kier molecular flexibility index (Phi) is 3.82. The zero-order valence-corrected chi connectivity index (χ0v) is 11.1. The second-order valence-electron chi connectivity index (χ2n) is 5.90. The van der Waals surface area contributed by atoms with Gasteiger partial charge in [0.1, 0.15) is 0 Å². The molecule has 0 aliphatic rings. The summed E-state index contributed by atoms with van der Waals surface area (Å²) in [5.74, 6) is 0. The molecule has 102 valence electrons. The average molecular weight is 260 g/mol. The van der Waals surface area contributed by atoms with Crippen LogP contribution in [0.5, 0.6) is 0 Å². The number of benzene rings is 1. The van der Waals surface area contributed by atoms with Crippen LogP contribution in [0.15, 0.2) is 24.3 Å². The SMILES string of the molecule is CC(C)(C)c1cccc(C(C)(O)CC(F)(F)F)c1. The highest BCUT2D eigenvalue weighted by molar-refractivity contribution is 5.31. The molecular weight excluding hydrogens is 241 g/mol. The Bertz CT molecular complexity index is 414. The normalized spacial score (nSPS) is 16.4. The first-order valence-electron chi connectivity index (χ1n) is 5.82. The zero-order valence-electron chi connectivity index (χ0n) is 11.1. The molecule has 0 amide bonds. The highest BCUT2D eigenvalue weighted by atomic mass is 19.4. The van der Waals surface area contributed by atoms with E-state index in [2.05, 4.69) is 0 Å². The van der Waals surface area contributed by atoms with E-state index in [1.165, 1.54) is 13.0 Å². The summed E-state index contributed by atoms with van der Waals surface area (Å²) >= 11 is 0. The number of aliphatic hydroxyl groups is 1. The molecule has 0 aromatic heterocycles. The summed E-state index contributed by atoms with van der Waals surface area (Å²) in [4.78, 5) is 0. The second kappa shape index (κ2) is 4.57. The minimum atomic E-state index is -4.39. The van der Waals surface area contributed by atoms with Gasteiger partial charge in [-0.15, -0.1) is 0 Å². The average Bonchev–Trinajstić information content (AvgIpc) is 2.13. The van der Waals surface area contributed by atoms with Gasteiger partial charge in [0.15, 0.2) is 0 Å². The van der Waals surface area contributed by atoms with E-state index < -0.39 is 18.2 Å². The number of hydrogen-bond acceptors (Lipinski definition) is 1. The van der Waals surface area contributed by atoms with Crippen molar-refractivity contribution in [2.45, 2.75) is 51.3 Å². The van der Waals surface area contributed by atoms with E-state index in [0.29, 0.717) is 5.56 Å². The molecule has 1 N–H and O–H groups in total. The predicted octanol–water partition coefficient (Wildman–Crippen LogP) is 4.14. The van der Waals surface area contributed by atoms with Gasteiger partial charge < -0.3 is 5.11 Å². The molecule has 0 saturated heterocycles. The predicted molar refractivity (Wildman–Crippen MR) is 65.4 cm³/mol. The van der Waals surface area contributed by atoms with Crippen molar-refractivity contribution < 1.29 is 18.3 Å². The Morgan fingerprint density at radius 1 is 1.00 bits per heavy atom. The highest BCUT2D eigenvalue weighted by Gasteiger charge is 2.39. The van der Waals surface area contributed by atoms with Crippen molar-refractivity contribution in [3.63, 3.8) is 0 Å². The largest absolute Gasteiger partial charge is 0.392 e. The molecule has 0 aliphatic heterocycles. The molecule has 0 bridgehead atoms. The van der Waals surface area contributed by atoms with Crippen LogP contribution in [0.3, 0.4) is 0 Å². The minimum absolute atomic E-state index is 0.162. The summed E-state index contributed by atoms with van der Waals surface area (Å²) in [6, 6.07) is 6.71. The highest BCUT2D eigenvalue weighted by Crippen LogP contribution is 2.35. The molecule has 1 nitrogen and oxygen atoms in total. The number of halogens is 3. The van der Waals surface area contributed by atoms with Gasteiger partial charge >= 0.3 is 6.18 Å². The zero-order chi connectivity index (χ0) is 14.2. The minimum Gasteiger partial charge on any atom is -0.385 e. The summed E-state index contributed by atoms with van der Waals surface area (Å²) in [6.07, 6.45) is -5.63. The molecule has 1 atom stereocenters. The lowest BCUT2D eigenvalue weighted by Gasteiger charge is -2.27. The van der Waals surface area contributed by atoms with Crippen molar-refractivity contribution in [3.8, 4) is 0 Å². The molecule has 1 aromatic rings. The fourth-order valence-corrected chi connectivity index (χ4v) is 1.81. The summed E-state index contributed by atoms with van der Waals surface area (Å²) < 4.78 is 37.2. The van der Waals surface area contributed by atoms with Gasteiger partial charge in [0, 0.05) is 0 Å². The Labute approximate surface area is 106 Å². The molecule has 0 fully saturated rings. The van der Waals surface area contributed by atoms with Gasteiger partial charge in [-0.1, -0.05) is 45.0 Å². The first kappa shape index (κ1) is 15.0. The number of rotatable bonds is 2. The number of alkyl halides is 3. The van der Waals surface area contributed by atoms with Crippen LogP contribution in [-0.4, -0.2) is 11.3 Å². The third-order valence-corrected chi connectivity index (χ3v) is 2.90. The van der Waals surface area contributed by atoms with E-state index in [4.69, 9.17) is 0 Å². The van der Waals surface area contributed by atoms with Crippen LogP contribution in [0, 0.1) is 0 Å². The van der Waals surface area contributed by atoms with Crippen LogP contribution in [0.4, 0.5) is 13.2 Å². The summed E-state index contributed by atoms with van der Waals surface area (Å²) in [6.45, 7) is 7.13. The molecule has 0 radical (unpaired) electrons. The maximum absolute atomic E-state index is 12.4. The lowest BCUT2D eigenvalue weighted by atomic mass is 9.83. The maximum Gasteiger partial charge on any atom is 0.392 e. The maximum atomic E-state index is 12.4. The molecule has 4 heteroatoms. The Morgan fingerprint density at radius 2 is 1.50 bits per heavy atom. The topological polar surface area (TPSA) is 20.2 Å². The smallest absolute Gasteiger partial charge is 0.385 e.